The summed E-state index contributed by atoms with van der Waals surface area (Å²) >= 11 is 1.71. The lowest BCUT2D eigenvalue weighted by atomic mass is 10.4. The molecule has 0 saturated carbocycles. The van der Waals surface area contributed by atoms with Crippen molar-refractivity contribution < 1.29 is 4.74 Å². The van der Waals surface area contributed by atoms with Gasteiger partial charge < -0.3 is 10.1 Å². The molecule has 2 heterocycles. The molecule has 2 aromatic rings. The molecule has 18 heavy (non-hydrogen) atoms. The molecular formula is C13H17N3OS. The number of pyridine rings is 1. The molecule has 0 saturated heterocycles. The first-order valence-corrected chi connectivity index (χ1v) is 6.95. The summed E-state index contributed by atoms with van der Waals surface area (Å²) in [6, 6.07) is 3.83. The summed E-state index contributed by atoms with van der Waals surface area (Å²) in [4.78, 5) is 8.70. The molecule has 0 aliphatic rings. The van der Waals surface area contributed by atoms with Crippen molar-refractivity contribution in [1.29, 1.82) is 0 Å². The minimum absolute atomic E-state index is 0.637. The summed E-state index contributed by atoms with van der Waals surface area (Å²) in [7, 11) is 0. The molecule has 5 heteroatoms. The number of aromatic nitrogens is 2. The maximum absolute atomic E-state index is 5.29. The van der Waals surface area contributed by atoms with Crippen LogP contribution in [0, 0.1) is 0 Å². The summed E-state index contributed by atoms with van der Waals surface area (Å²) < 4.78 is 5.29. The Morgan fingerprint density at radius 3 is 2.83 bits per heavy atom. The summed E-state index contributed by atoms with van der Waals surface area (Å²) in [6.07, 6.45) is 2.77. The highest BCUT2D eigenvalue weighted by Crippen LogP contribution is 2.14. The lowest BCUT2D eigenvalue weighted by Gasteiger charge is -2.05. The molecule has 0 atom stereocenters. The van der Waals surface area contributed by atoms with Crippen molar-refractivity contribution >= 4 is 17.0 Å². The highest BCUT2D eigenvalue weighted by atomic mass is 32.1. The fourth-order valence-corrected chi connectivity index (χ4v) is 2.25. The Morgan fingerprint density at radius 1 is 1.33 bits per heavy atom. The van der Waals surface area contributed by atoms with Gasteiger partial charge in [-0.3, -0.25) is 0 Å². The van der Waals surface area contributed by atoms with Gasteiger partial charge in [-0.1, -0.05) is 6.92 Å². The Kier molecular flexibility index (Phi) is 4.52. The second-order valence-electron chi connectivity index (χ2n) is 3.76. The number of nitrogens with zero attached hydrogens (tertiary/aromatic N) is 2. The Morgan fingerprint density at radius 2 is 2.22 bits per heavy atom. The Bertz CT molecular complexity index is 481. The number of thiazole rings is 1. The van der Waals surface area contributed by atoms with Crippen LogP contribution in [-0.4, -0.2) is 16.6 Å². The van der Waals surface area contributed by atoms with Crippen LogP contribution in [0.15, 0.2) is 23.7 Å². The van der Waals surface area contributed by atoms with E-state index in [0.29, 0.717) is 12.5 Å². The fourth-order valence-electron chi connectivity index (χ4n) is 1.50. The largest absolute Gasteiger partial charge is 0.478 e. The van der Waals surface area contributed by atoms with E-state index in [9.17, 15) is 0 Å². The molecule has 0 bridgehead atoms. The van der Waals surface area contributed by atoms with Crippen molar-refractivity contribution in [2.75, 3.05) is 11.9 Å². The van der Waals surface area contributed by atoms with Crippen LogP contribution in [0.4, 0.5) is 5.69 Å². The molecule has 2 rings (SSSR count). The molecule has 96 valence electrons. The van der Waals surface area contributed by atoms with Gasteiger partial charge in [-0.05, 0) is 19.4 Å². The van der Waals surface area contributed by atoms with E-state index in [1.54, 1.807) is 17.5 Å². The van der Waals surface area contributed by atoms with Crippen molar-refractivity contribution in [2.24, 2.45) is 0 Å². The first-order valence-electron chi connectivity index (χ1n) is 6.07. The van der Waals surface area contributed by atoms with Gasteiger partial charge in [0.1, 0.15) is 0 Å². The van der Waals surface area contributed by atoms with Crippen LogP contribution in [0.5, 0.6) is 5.88 Å². The van der Waals surface area contributed by atoms with E-state index >= 15 is 0 Å². The number of hydrogen-bond acceptors (Lipinski definition) is 5. The van der Waals surface area contributed by atoms with Crippen LogP contribution in [0.1, 0.15) is 24.5 Å². The molecular weight excluding hydrogens is 246 g/mol. The van der Waals surface area contributed by atoms with Crippen molar-refractivity contribution in [3.8, 4) is 5.88 Å². The predicted octanol–water partition coefficient (Wildman–Crippen LogP) is 3.11. The molecule has 0 spiro atoms. The highest BCUT2D eigenvalue weighted by Gasteiger charge is 2.01. The van der Waals surface area contributed by atoms with Crippen molar-refractivity contribution in [3.05, 3.63) is 34.4 Å². The smallest absolute Gasteiger partial charge is 0.213 e. The normalized spacial score (nSPS) is 10.3. The second kappa shape index (κ2) is 6.35. The van der Waals surface area contributed by atoms with E-state index in [1.165, 1.54) is 5.01 Å². The molecule has 0 aliphatic heterocycles. The average molecular weight is 263 g/mol. The summed E-state index contributed by atoms with van der Waals surface area (Å²) in [6.45, 7) is 5.43. The first kappa shape index (κ1) is 12.8. The Balaban J connectivity index is 1.89. The van der Waals surface area contributed by atoms with Crippen LogP contribution < -0.4 is 10.1 Å². The monoisotopic (exact) mass is 263 g/mol. The topological polar surface area (TPSA) is 47.0 Å². The van der Waals surface area contributed by atoms with Crippen molar-refractivity contribution in [3.63, 3.8) is 0 Å². The van der Waals surface area contributed by atoms with E-state index in [1.807, 2.05) is 19.1 Å². The van der Waals surface area contributed by atoms with E-state index in [2.05, 4.69) is 27.6 Å². The van der Waals surface area contributed by atoms with Gasteiger partial charge in [0, 0.05) is 11.4 Å². The number of hydrogen-bond donors (Lipinski definition) is 1. The summed E-state index contributed by atoms with van der Waals surface area (Å²) in [5.41, 5.74) is 2.05. The number of rotatable bonds is 6. The van der Waals surface area contributed by atoms with E-state index in [4.69, 9.17) is 4.74 Å². The van der Waals surface area contributed by atoms with Gasteiger partial charge >= 0.3 is 0 Å². The third-order valence-corrected chi connectivity index (χ3v) is 3.45. The summed E-state index contributed by atoms with van der Waals surface area (Å²) in [5, 5.41) is 6.56. The third kappa shape index (κ3) is 3.43. The minimum Gasteiger partial charge on any atom is -0.478 e. The lowest BCUT2D eigenvalue weighted by Crippen LogP contribution is -2.01. The lowest BCUT2D eigenvalue weighted by molar-refractivity contribution is 0.327. The van der Waals surface area contributed by atoms with E-state index in [-0.39, 0.29) is 0 Å². The molecule has 1 N–H and O–H groups in total. The van der Waals surface area contributed by atoms with Gasteiger partial charge in [-0.25, -0.2) is 9.97 Å². The maximum atomic E-state index is 5.29. The zero-order valence-electron chi connectivity index (χ0n) is 10.6. The number of anilines is 1. The van der Waals surface area contributed by atoms with Gasteiger partial charge in [-0.2, -0.15) is 0 Å². The Labute approximate surface area is 111 Å². The second-order valence-corrected chi connectivity index (χ2v) is 4.70. The maximum Gasteiger partial charge on any atom is 0.213 e. The van der Waals surface area contributed by atoms with Crippen molar-refractivity contribution in [2.45, 2.75) is 26.8 Å². The molecule has 0 radical (unpaired) electrons. The SMILES string of the molecule is CCOc1ccc(NCc2csc(CC)n2)cn1. The highest BCUT2D eigenvalue weighted by molar-refractivity contribution is 7.09. The van der Waals surface area contributed by atoms with Crippen LogP contribution in [0.25, 0.3) is 0 Å². The van der Waals surface area contributed by atoms with Crippen LogP contribution in [0.2, 0.25) is 0 Å². The van der Waals surface area contributed by atoms with Gasteiger partial charge in [-0.15, -0.1) is 11.3 Å². The molecule has 0 aliphatic carbocycles. The molecule has 0 amide bonds. The van der Waals surface area contributed by atoms with Gasteiger partial charge in [0.25, 0.3) is 0 Å². The molecule has 2 aromatic heterocycles. The number of nitrogens with one attached hydrogen (secondary N) is 1. The molecule has 4 nitrogen and oxygen atoms in total. The van der Waals surface area contributed by atoms with E-state index < -0.39 is 0 Å². The third-order valence-electron chi connectivity index (χ3n) is 2.40. The average Bonchev–Trinajstić information content (AvgIpc) is 2.86. The zero-order valence-corrected chi connectivity index (χ0v) is 11.5. The number of aryl methyl sites for hydroxylation is 1. The minimum atomic E-state index is 0.637. The Hall–Kier alpha value is -1.62. The standard InChI is InChI=1S/C13H17N3OS/c1-3-13-16-11(9-18-13)8-14-10-5-6-12(15-7-10)17-4-2/h5-7,9,14H,3-4,8H2,1-2H3. The predicted molar refractivity (Wildman–Crippen MR) is 74.2 cm³/mol. The molecule has 0 unspecified atom stereocenters. The fraction of sp³-hybridized carbons (Fsp3) is 0.385. The van der Waals surface area contributed by atoms with Crippen LogP contribution in [0.3, 0.4) is 0 Å². The van der Waals surface area contributed by atoms with Gasteiger partial charge in [0.05, 0.1) is 35.7 Å². The molecule has 0 fully saturated rings. The summed E-state index contributed by atoms with van der Waals surface area (Å²) in [5.74, 6) is 0.657. The quantitative estimate of drug-likeness (QED) is 0.870. The molecule has 0 aromatic carbocycles. The van der Waals surface area contributed by atoms with Crippen LogP contribution in [-0.2, 0) is 13.0 Å². The van der Waals surface area contributed by atoms with E-state index in [0.717, 1.165) is 24.3 Å². The number of ether oxygens (including phenoxy) is 1. The van der Waals surface area contributed by atoms with Crippen molar-refractivity contribution in [1.82, 2.24) is 9.97 Å². The van der Waals surface area contributed by atoms with Crippen LogP contribution >= 0.6 is 11.3 Å². The van der Waals surface area contributed by atoms with Gasteiger partial charge in [0.2, 0.25) is 5.88 Å². The van der Waals surface area contributed by atoms with Gasteiger partial charge in [0.15, 0.2) is 0 Å². The first-order chi connectivity index (χ1) is 8.81. The zero-order chi connectivity index (χ0) is 12.8.